The molecule has 0 radical (unpaired) electrons. The molecule has 2 aromatic heterocycles. The maximum Gasteiger partial charge on any atom is 0.488 e. The lowest BCUT2D eigenvalue weighted by Gasteiger charge is -2.43. The van der Waals surface area contributed by atoms with Crippen molar-refractivity contribution in [1.29, 1.82) is 0 Å². The molecule has 6 aromatic rings. The number of hydrogen-bond acceptors (Lipinski definition) is 10. The number of halogens is 1. The molecule has 4 saturated heterocycles. The molecule has 0 saturated carbocycles. The molecule has 0 unspecified atom stereocenters. The van der Waals surface area contributed by atoms with Crippen LogP contribution in [0.5, 0.6) is 0 Å². The molecule has 2 atom stereocenters. The average molecular weight is 1110 g/mol. The Kier molecular flexibility index (Phi) is 17.8. The number of hydrogen-bond donors (Lipinski definition) is 2. The van der Waals surface area contributed by atoms with Gasteiger partial charge in [-0.3, -0.25) is 9.59 Å². The Morgan fingerprint density at radius 2 is 1.00 bits per heavy atom. The summed E-state index contributed by atoms with van der Waals surface area (Å²) in [4.78, 5) is 71.2. The Morgan fingerprint density at radius 1 is 0.533 bits per heavy atom. The van der Waals surface area contributed by atoms with Gasteiger partial charge in [0.2, 0.25) is 0 Å². The van der Waals surface area contributed by atoms with Crippen molar-refractivity contribution in [1.82, 2.24) is 39.4 Å². The van der Waals surface area contributed by atoms with Crippen molar-refractivity contribution in [2.45, 2.75) is 59.0 Å². The molecular formula is C57H66BBrN8O6S2. The van der Waals surface area contributed by atoms with Crippen LogP contribution in [0.15, 0.2) is 125 Å². The Labute approximate surface area is 457 Å². The van der Waals surface area contributed by atoms with Gasteiger partial charge in [-0.15, -0.1) is 22.7 Å². The number of rotatable bonds is 8. The van der Waals surface area contributed by atoms with E-state index in [1.807, 2.05) is 52.3 Å². The molecule has 14 nitrogen and oxygen atoms in total. The van der Waals surface area contributed by atoms with Gasteiger partial charge in [0.05, 0.1) is 0 Å². The normalized spacial score (nSPS) is 19.0. The van der Waals surface area contributed by atoms with Gasteiger partial charge in [0.15, 0.2) is 10.0 Å². The van der Waals surface area contributed by atoms with Gasteiger partial charge in [-0.2, -0.15) is 0 Å². The van der Waals surface area contributed by atoms with E-state index in [1.165, 1.54) is 56.1 Å². The summed E-state index contributed by atoms with van der Waals surface area (Å²) in [5.74, 6) is 2.30. The summed E-state index contributed by atoms with van der Waals surface area (Å²) < 4.78 is 1.10. The summed E-state index contributed by atoms with van der Waals surface area (Å²) in [6.45, 7) is 9.62. The van der Waals surface area contributed by atoms with E-state index in [9.17, 15) is 19.2 Å². The van der Waals surface area contributed by atoms with Crippen molar-refractivity contribution < 1.29 is 29.2 Å². The van der Waals surface area contributed by atoms with E-state index in [2.05, 4.69) is 86.6 Å². The van der Waals surface area contributed by atoms with Gasteiger partial charge in [0.25, 0.3) is 11.8 Å². The Hall–Kier alpha value is -5.92. The molecule has 12 rings (SSSR count). The number of carbonyl (C=O) groups excluding carboxylic acids is 4. The minimum atomic E-state index is -1.34. The fourth-order valence-corrected chi connectivity index (χ4v) is 12.9. The number of urea groups is 2. The first-order chi connectivity index (χ1) is 36.0. The zero-order chi connectivity index (χ0) is 51.1. The van der Waals surface area contributed by atoms with Gasteiger partial charge in [0, 0.05) is 106 Å². The van der Waals surface area contributed by atoms with E-state index in [0.29, 0.717) is 52.2 Å². The van der Waals surface area contributed by atoms with Crippen LogP contribution in [0.4, 0.5) is 9.59 Å². The van der Waals surface area contributed by atoms with Crippen molar-refractivity contribution in [3.05, 3.63) is 157 Å². The third-order valence-corrected chi connectivity index (χ3v) is 17.3. The van der Waals surface area contributed by atoms with Gasteiger partial charge in [0.1, 0.15) is 0 Å². The highest BCUT2D eigenvalue weighted by Gasteiger charge is 2.39. The number of thiazole rings is 2. The Balaban J connectivity index is 0.000000157. The second-order valence-electron chi connectivity index (χ2n) is 20.5. The third-order valence-electron chi connectivity index (χ3n) is 15.3. The maximum atomic E-state index is 13.1. The smallest absolute Gasteiger partial charge is 0.423 e. The Morgan fingerprint density at radius 3 is 1.47 bits per heavy atom. The lowest BCUT2D eigenvalue weighted by atomic mass is 9.81. The fraction of sp³-hybridized carbons (Fsp3) is 0.404. The van der Waals surface area contributed by atoms with Crippen LogP contribution in [0.3, 0.4) is 0 Å². The zero-order valence-electron chi connectivity index (χ0n) is 41.5. The van der Waals surface area contributed by atoms with Gasteiger partial charge < -0.3 is 39.4 Å². The van der Waals surface area contributed by atoms with E-state index in [0.717, 1.165) is 108 Å². The number of benzene rings is 4. The molecule has 4 fully saturated rings. The topological polar surface area (TPSA) is 154 Å². The van der Waals surface area contributed by atoms with E-state index in [1.54, 1.807) is 36.7 Å². The number of carbonyl (C=O) groups is 4. The molecule has 2 N–H and O–H groups in total. The summed E-state index contributed by atoms with van der Waals surface area (Å²) in [6.07, 6.45) is 9.50. The molecule has 0 bridgehead atoms. The molecule has 4 aromatic carbocycles. The van der Waals surface area contributed by atoms with Crippen LogP contribution >= 0.6 is 38.6 Å². The second kappa shape index (κ2) is 24.8. The molecule has 6 aliphatic heterocycles. The van der Waals surface area contributed by atoms with E-state index in [-0.39, 0.29) is 31.3 Å². The number of nitrogens with zero attached hydrogens (tertiary/aromatic N) is 8. The minimum absolute atomic E-state index is 0. The summed E-state index contributed by atoms with van der Waals surface area (Å²) in [6, 6.07) is 32.5. The number of fused-ring (bicyclic) bond motifs is 2. The fourth-order valence-electron chi connectivity index (χ4n) is 11.3. The van der Waals surface area contributed by atoms with Crippen LogP contribution < -0.4 is 5.46 Å². The monoisotopic (exact) mass is 1110 g/mol. The molecule has 0 spiro atoms. The molecule has 6 amide bonds. The molecule has 392 valence electrons. The van der Waals surface area contributed by atoms with Gasteiger partial charge >= 0.3 is 19.2 Å². The van der Waals surface area contributed by atoms with Crippen molar-refractivity contribution in [3.8, 4) is 11.1 Å². The highest BCUT2D eigenvalue weighted by Crippen LogP contribution is 2.34. The summed E-state index contributed by atoms with van der Waals surface area (Å²) in [7, 11) is -1.34. The number of amides is 6. The Bertz CT molecular complexity index is 2870. The summed E-state index contributed by atoms with van der Waals surface area (Å²) >= 11 is 6.35. The standard InChI is InChI=1S/C28H30N4O2S.C22H25BrN4O2S.C6H7BO2.CH4/c33-27(26-29-10-13-35-26)30-11-8-20(16-30)14-21-17-32(18-21)28(34)31-12-9-24-15-23(6-7-25(24)19-31)22-4-2-1-3-5-22;23-19-2-1-18-14-26(7-4-17(18)10-19)22(29)27-12-16(13-27)9-15-3-6-25(11-15)21(28)20-24-5-8-30-20;8-7(9)6-4-2-1-3-5-6;/h1-7,10,13,15,20-21H,8-9,11-12,14,16-19H2;1-2,5,8,10,15-16H,3-4,6-7,9,11-14H2;1-5,8-9H;1H4/t20-;15-;;/m11../s1. The lowest BCUT2D eigenvalue weighted by Crippen LogP contribution is -2.55. The first-order valence-electron chi connectivity index (χ1n) is 25.8. The summed E-state index contributed by atoms with van der Waals surface area (Å²) in [5.41, 5.74) is 8.22. The lowest BCUT2D eigenvalue weighted by molar-refractivity contribution is 0.0722. The van der Waals surface area contributed by atoms with Crippen LogP contribution in [0.2, 0.25) is 0 Å². The SMILES string of the molecule is C.O=C(c1nccs1)N1CC[C@H](CC2CN(C(=O)N3CCc4cc(-c5ccccc5)ccc4C3)C2)C1.O=C(c1nccs1)N1CC[C@H](CC2CN(C(=O)N3CCc4cc(Br)ccc4C3)C2)C1.OB(O)c1ccccc1. The predicted molar refractivity (Wildman–Crippen MR) is 300 cm³/mol. The average Bonchev–Trinajstić information content (AvgIpc) is 4.28. The second-order valence-corrected chi connectivity index (χ2v) is 23.2. The van der Waals surface area contributed by atoms with Crippen LogP contribution in [0, 0.1) is 23.7 Å². The number of aromatic nitrogens is 2. The molecule has 18 heteroatoms. The van der Waals surface area contributed by atoms with Crippen molar-refractivity contribution in [2.24, 2.45) is 23.7 Å². The predicted octanol–water partition coefficient (Wildman–Crippen LogP) is 8.64. The van der Waals surface area contributed by atoms with Gasteiger partial charge in [-0.05, 0) is 113 Å². The van der Waals surface area contributed by atoms with Crippen LogP contribution in [-0.2, 0) is 25.9 Å². The highest BCUT2D eigenvalue weighted by atomic mass is 79.9. The van der Waals surface area contributed by atoms with Crippen LogP contribution in [0.25, 0.3) is 11.1 Å². The van der Waals surface area contributed by atoms with Gasteiger partial charge in [-0.25, -0.2) is 19.6 Å². The van der Waals surface area contributed by atoms with E-state index >= 15 is 0 Å². The molecule has 8 heterocycles. The first-order valence-corrected chi connectivity index (χ1v) is 28.4. The first kappa shape index (κ1) is 53.9. The molecular weight excluding hydrogens is 1050 g/mol. The molecule has 0 aliphatic carbocycles. The number of likely N-dealkylation sites (tertiary alicyclic amines) is 4. The van der Waals surface area contributed by atoms with E-state index in [4.69, 9.17) is 10.0 Å². The van der Waals surface area contributed by atoms with E-state index < -0.39 is 7.12 Å². The molecule has 75 heavy (non-hydrogen) atoms. The minimum Gasteiger partial charge on any atom is -0.423 e. The third kappa shape index (κ3) is 13.2. The quantitative estimate of drug-likeness (QED) is 0.144. The highest BCUT2D eigenvalue weighted by molar-refractivity contribution is 9.10. The van der Waals surface area contributed by atoms with Crippen LogP contribution in [0.1, 0.15) is 75.0 Å². The molecule has 6 aliphatic rings. The van der Waals surface area contributed by atoms with Crippen molar-refractivity contribution in [2.75, 3.05) is 65.4 Å². The largest absolute Gasteiger partial charge is 0.488 e. The zero-order valence-corrected chi connectivity index (χ0v) is 44.7. The van der Waals surface area contributed by atoms with Gasteiger partial charge in [-0.1, -0.05) is 108 Å². The van der Waals surface area contributed by atoms with Crippen molar-refractivity contribution in [3.63, 3.8) is 0 Å². The summed E-state index contributed by atoms with van der Waals surface area (Å²) in [5, 5.41) is 22.0. The maximum absolute atomic E-state index is 13.1. The van der Waals surface area contributed by atoms with Crippen molar-refractivity contribution >= 4 is 75.1 Å². The van der Waals surface area contributed by atoms with Crippen LogP contribution in [-0.4, -0.2) is 146 Å².